The van der Waals surface area contributed by atoms with E-state index in [9.17, 15) is 9.59 Å². The van der Waals surface area contributed by atoms with Crippen LogP contribution < -0.4 is 5.32 Å². The number of rotatable bonds is 7. The number of esters is 1. The molecule has 1 amide bonds. The standard InChI is InChI=1S/C20H18ClN3O3S/c1-27-19(26)10-17(13-4-6-15(21)7-5-13)24-18(25)9-16-12-28-20(23-16)14-3-2-8-22-11-14/h2-8,11-12,17H,9-10H2,1H3,(H,24,25). The molecule has 3 rings (SSSR count). The number of carbonyl (C=O) groups is 2. The summed E-state index contributed by atoms with van der Waals surface area (Å²) in [6, 6.07) is 10.2. The molecule has 28 heavy (non-hydrogen) atoms. The van der Waals surface area contributed by atoms with E-state index in [1.54, 1.807) is 36.7 Å². The van der Waals surface area contributed by atoms with Gasteiger partial charge in [0, 0.05) is 28.4 Å². The van der Waals surface area contributed by atoms with E-state index < -0.39 is 12.0 Å². The Labute approximate surface area is 171 Å². The van der Waals surface area contributed by atoms with Crippen molar-refractivity contribution in [3.63, 3.8) is 0 Å². The Morgan fingerprint density at radius 2 is 2.04 bits per heavy atom. The van der Waals surface area contributed by atoms with Gasteiger partial charge < -0.3 is 10.1 Å². The molecule has 0 saturated heterocycles. The van der Waals surface area contributed by atoms with Crippen LogP contribution in [0.3, 0.4) is 0 Å². The summed E-state index contributed by atoms with van der Waals surface area (Å²) in [5, 5.41) is 6.12. The van der Waals surface area contributed by atoms with E-state index in [2.05, 4.69) is 15.3 Å². The molecule has 1 unspecified atom stereocenters. The highest BCUT2D eigenvalue weighted by Gasteiger charge is 2.20. The summed E-state index contributed by atoms with van der Waals surface area (Å²) in [7, 11) is 1.32. The summed E-state index contributed by atoms with van der Waals surface area (Å²) in [4.78, 5) is 32.9. The fourth-order valence-corrected chi connectivity index (χ4v) is 3.55. The summed E-state index contributed by atoms with van der Waals surface area (Å²) >= 11 is 7.38. The van der Waals surface area contributed by atoms with Crippen molar-refractivity contribution < 1.29 is 14.3 Å². The molecule has 0 aliphatic carbocycles. The Balaban J connectivity index is 1.69. The average Bonchev–Trinajstić information content (AvgIpc) is 3.17. The van der Waals surface area contributed by atoms with Gasteiger partial charge in [0.05, 0.1) is 31.7 Å². The lowest BCUT2D eigenvalue weighted by molar-refractivity contribution is -0.141. The highest BCUT2D eigenvalue weighted by atomic mass is 35.5. The van der Waals surface area contributed by atoms with Crippen molar-refractivity contribution in [1.82, 2.24) is 15.3 Å². The highest BCUT2D eigenvalue weighted by Crippen LogP contribution is 2.24. The van der Waals surface area contributed by atoms with E-state index in [4.69, 9.17) is 16.3 Å². The van der Waals surface area contributed by atoms with E-state index in [1.807, 2.05) is 17.5 Å². The normalized spacial score (nSPS) is 11.6. The maximum Gasteiger partial charge on any atom is 0.307 e. The number of amides is 1. The van der Waals surface area contributed by atoms with Gasteiger partial charge in [0.15, 0.2) is 0 Å². The summed E-state index contributed by atoms with van der Waals surface area (Å²) in [6.07, 6.45) is 3.57. The van der Waals surface area contributed by atoms with Crippen LogP contribution in [0.15, 0.2) is 54.2 Å². The number of thiazole rings is 1. The number of benzene rings is 1. The Morgan fingerprint density at radius 1 is 1.25 bits per heavy atom. The maximum absolute atomic E-state index is 12.5. The van der Waals surface area contributed by atoms with E-state index >= 15 is 0 Å². The van der Waals surface area contributed by atoms with E-state index in [0.717, 1.165) is 16.1 Å². The second-order valence-electron chi connectivity index (χ2n) is 6.01. The number of carbonyl (C=O) groups excluding carboxylic acids is 2. The molecule has 6 nitrogen and oxygen atoms in total. The van der Waals surface area contributed by atoms with Gasteiger partial charge in [0.1, 0.15) is 5.01 Å². The molecule has 0 spiro atoms. The first-order chi connectivity index (χ1) is 13.5. The summed E-state index contributed by atoms with van der Waals surface area (Å²) in [6.45, 7) is 0. The predicted molar refractivity (Wildman–Crippen MR) is 108 cm³/mol. The second kappa shape index (κ2) is 9.43. The zero-order valence-corrected chi connectivity index (χ0v) is 16.7. The zero-order valence-electron chi connectivity index (χ0n) is 15.1. The number of methoxy groups -OCH3 is 1. The van der Waals surface area contributed by atoms with Crippen LogP contribution in [0.25, 0.3) is 10.6 Å². The third-order valence-electron chi connectivity index (χ3n) is 4.01. The quantitative estimate of drug-likeness (QED) is 0.593. The van der Waals surface area contributed by atoms with E-state index in [-0.39, 0.29) is 18.7 Å². The third kappa shape index (κ3) is 5.37. The van der Waals surface area contributed by atoms with Crippen LogP contribution in [-0.2, 0) is 20.7 Å². The van der Waals surface area contributed by atoms with Crippen molar-refractivity contribution in [2.24, 2.45) is 0 Å². The smallest absolute Gasteiger partial charge is 0.307 e. The van der Waals surface area contributed by atoms with Crippen molar-refractivity contribution >= 4 is 34.8 Å². The van der Waals surface area contributed by atoms with Crippen LogP contribution in [-0.4, -0.2) is 29.0 Å². The van der Waals surface area contributed by atoms with Crippen LogP contribution in [0.5, 0.6) is 0 Å². The number of pyridine rings is 1. The minimum Gasteiger partial charge on any atom is -0.469 e. The lowest BCUT2D eigenvalue weighted by Crippen LogP contribution is -2.31. The predicted octanol–water partition coefficient (Wildman–Crippen LogP) is 3.82. The fourth-order valence-electron chi connectivity index (χ4n) is 2.62. The van der Waals surface area contributed by atoms with Crippen LogP contribution in [0, 0.1) is 0 Å². The third-order valence-corrected chi connectivity index (χ3v) is 5.20. The molecule has 2 aromatic heterocycles. The van der Waals surface area contributed by atoms with Gasteiger partial charge in [-0.3, -0.25) is 14.6 Å². The molecule has 1 N–H and O–H groups in total. The number of nitrogens with zero attached hydrogens (tertiary/aromatic N) is 2. The second-order valence-corrected chi connectivity index (χ2v) is 7.31. The van der Waals surface area contributed by atoms with Gasteiger partial charge in [-0.1, -0.05) is 23.7 Å². The summed E-state index contributed by atoms with van der Waals surface area (Å²) in [5.74, 6) is -0.639. The average molecular weight is 416 g/mol. The van der Waals surface area contributed by atoms with Gasteiger partial charge in [-0.25, -0.2) is 4.98 Å². The number of ether oxygens (including phenoxy) is 1. The lowest BCUT2D eigenvalue weighted by atomic mass is 10.0. The van der Waals surface area contributed by atoms with Crippen molar-refractivity contribution in [3.8, 4) is 10.6 Å². The van der Waals surface area contributed by atoms with Crippen LogP contribution in [0.1, 0.15) is 23.7 Å². The fraction of sp³-hybridized carbons (Fsp3) is 0.200. The summed E-state index contributed by atoms with van der Waals surface area (Å²) < 4.78 is 4.75. The number of halogens is 1. The Kier molecular flexibility index (Phi) is 6.73. The van der Waals surface area contributed by atoms with Gasteiger partial charge in [0.2, 0.25) is 5.91 Å². The van der Waals surface area contributed by atoms with Crippen LogP contribution in [0.2, 0.25) is 5.02 Å². The minimum absolute atomic E-state index is 0.0296. The number of hydrogen-bond acceptors (Lipinski definition) is 6. The first-order valence-electron chi connectivity index (χ1n) is 8.51. The largest absolute Gasteiger partial charge is 0.469 e. The SMILES string of the molecule is COC(=O)CC(NC(=O)Cc1csc(-c2cccnc2)n1)c1ccc(Cl)cc1. The molecule has 0 aliphatic rings. The number of aromatic nitrogens is 2. The molecule has 1 aromatic carbocycles. The Morgan fingerprint density at radius 3 is 2.71 bits per heavy atom. The topological polar surface area (TPSA) is 81.2 Å². The molecule has 144 valence electrons. The number of hydrogen-bond donors (Lipinski definition) is 1. The van der Waals surface area contributed by atoms with Crippen molar-refractivity contribution in [2.45, 2.75) is 18.9 Å². The molecular formula is C20H18ClN3O3S. The molecule has 0 saturated carbocycles. The van der Waals surface area contributed by atoms with Crippen molar-refractivity contribution in [3.05, 3.63) is 70.5 Å². The molecular weight excluding hydrogens is 398 g/mol. The molecule has 2 heterocycles. The first-order valence-corrected chi connectivity index (χ1v) is 9.77. The zero-order chi connectivity index (χ0) is 19.9. The molecule has 1 atom stereocenters. The molecule has 0 radical (unpaired) electrons. The van der Waals surface area contributed by atoms with Gasteiger partial charge in [0.25, 0.3) is 0 Å². The van der Waals surface area contributed by atoms with Gasteiger partial charge in [-0.15, -0.1) is 11.3 Å². The maximum atomic E-state index is 12.5. The minimum atomic E-state index is -0.506. The van der Waals surface area contributed by atoms with Gasteiger partial charge in [-0.2, -0.15) is 0 Å². The monoisotopic (exact) mass is 415 g/mol. The van der Waals surface area contributed by atoms with Crippen LogP contribution >= 0.6 is 22.9 Å². The van der Waals surface area contributed by atoms with Gasteiger partial charge in [-0.05, 0) is 29.8 Å². The Bertz CT molecular complexity index is 945. The molecule has 0 aliphatic heterocycles. The van der Waals surface area contributed by atoms with E-state index in [0.29, 0.717) is 10.7 Å². The van der Waals surface area contributed by atoms with Crippen molar-refractivity contribution in [2.75, 3.05) is 7.11 Å². The molecule has 8 heteroatoms. The Hall–Kier alpha value is -2.77. The molecule has 3 aromatic rings. The molecule has 0 bridgehead atoms. The van der Waals surface area contributed by atoms with Crippen LogP contribution in [0.4, 0.5) is 0 Å². The van der Waals surface area contributed by atoms with Gasteiger partial charge >= 0.3 is 5.97 Å². The summed E-state index contributed by atoms with van der Waals surface area (Å²) in [5.41, 5.74) is 2.34. The van der Waals surface area contributed by atoms with E-state index in [1.165, 1.54) is 18.4 Å². The first kappa shape index (κ1) is 20.0. The highest BCUT2D eigenvalue weighted by molar-refractivity contribution is 7.13. The van der Waals surface area contributed by atoms with Crippen molar-refractivity contribution in [1.29, 1.82) is 0 Å². The number of nitrogens with one attached hydrogen (secondary N) is 1. The molecule has 0 fully saturated rings. The lowest BCUT2D eigenvalue weighted by Gasteiger charge is -2.18.